The van der Waals surface area contributed by atoms with Gasteiger partial charge in [0.25, 0.3) is 0 Å². The van der Waals surface area contributed by atoms with Crippen LogP contribution in [0.1, 0.15) is 32.8 Å². The van der Waals surface area contributed by atoms with Crippen LogP contribution in [-0.4, -0.2) is 64.2 Å². The van der Waals surface area contributed by atoms with Gasteiger partial charge in [-0.1, -0.05) is 43.3 Å². The highest BCUT2D eigenvalue weighted by molar-refractivity contribution is 5.17. The number of hydrogen-bond acceptors (Lipinski definition) is 5. The molecule has 0 heterocycles. The van der Waals surface area contributed by atoms with Gasteiger partial charge < -0.3 is 14.8 Å². The van der Waals surface area contributed by atoms with Crippen molar-refractivity contribution in [2.45, 2.75) is 46.5 Å². The van der Waals surface area contributed by atoms with Crippen LogP contribution in [0.2, 0.25) is 0 Å². The Morgan fingerprint density at radius 1 is 1.15 bits per heavy atom. The molecule has 0 amide bonds. The van der Waals surface area contributed by atoms with Crippen molar-refractivity contribution in [3.05, 3.63) is 72.2 Å². The second-order valence-corrected chi connectivity index (χ2v) is 6.86. The van der Waals surface area contributed by atoms with Gasteiger partial charge >= 0.3 is 0 Å². The summed E-state index contributed by atoms with van der Waals surface area (Å²) in [5.74, 6) is 0.803. The first-order chi connectivity index (χ1) is 15.9. The van der Waals surface area contributed by atoms with Crippen LogP contribution >= 0.6 is 0 Å². The van der Waals surface area contributed by atoms with E-state index >= 15 is 0 Å². The van der Waals surface area contributed by atoms with Crippen LogP contribution < -0.4 is 5.32 Å². The van der Waals surface area contributed by atoms with Crippen LogP contribution in [0, 0.1) is 0 Å². The lowest BCUT2D eigenvalue weighted by atomic mass is 10.2. The monoisotopic (exact) mass is 473 g/mol. The predicted octanol–water partition coefficient (Wildman–Crippen LogP) is 5.78. The minimum atomic E-state index is -2.17. The van der Waals surface area contributed by atoms with Gasteiger partial charge in [0.15, 0.2) is 6.35 Å². The standard InChI is InChI=1S/C22H35N3O2.C2H4F2.CH3F/c1-6-12-21(26-4)15-11-16-23-22(27-5)25(17-7-2)19-24(3)18-20-13-9-8-10-14-20;1-2(3)4;1-2/h6,8-16,22-23H,7,17-19H2,1-5H3;2H,1H3;1H3/b12-6-,16-11+,21-15+;;. The number of nitrogens with one attached hydrogen (secondary N) is 1. The molecular weight excluding hydrogens is 431 g/mol. The molecule has 0 bridgehead atoms. The van der Waals surface area contributed by atoms with Gasteiger partial charge in [-0.05, 0) is 57.3 Å². The normalized spacial score (nSPS) is 12.6. The summed E-state index contributed by atoms with van der Waals surface area (Å²) < 4.78 is 41.1. The van der Waals surface area contributed by atoms with Crippen LogP contribution in [-0.2, 0) is 16.0 Å². The molecule has 0 spiro atoms. The Kier molecular flexibility index (Phi) is 22.8. The summed E-state index contributed by atoms with van der Waals surface area (Å²) >= 11 is 0. The minimum Gasteiger partial charge on any atom is -0.497 e. The minimum absolute atomic E-state index is 0.194. The number of halogens is 3. The molecule has 5 nitrogen and oxygen atoms in total. The topological polar surface area (TPSA) is 37.0 Å². The Hall–Kier alpha value is -2.29. The Labute approximate surface area is 198 Å². The second kappa shape index (κ2) is 22.9. The molecular formula is C25H42F3N3O2. The highest BCUT2D eigenvalue weighted by atomic mass is 19.3. The number of hydrogen-bond donors (Lipinski definition) is 1. The second-order valence-electron chi connectivity index (χ2n) is 6.86. The molecule has 1 unspecified atom stereocenters. The summed E-state index contributed by atoms with van der Waals surface area (Å²) in [6.07, 6.45) is 8.27. The highest BCUT2D eigenvalue weighted by Crippen LogP contribution is 2.07. The van der Waals surface area contributed by atoms with Crippen LogP contribution in [0.4, 0.5) is 13.2 Å². The van der Waals surface area contributed by atoms with Gasteiger partial charge in [-0.3, -0.25) is 9.29 Å². The van der Waals surface area contributed by atoms with Crippen LogP contribution in [0.3, 0.4) is 0 Å². The first kappa shape index (κ1) is 32.9. The average molecular weight is 474 g/mol. The van der Waals surface area contributed by atoms with Crippen molar-refractivity contribution in [3.63, 3.8) is 0 Å². The van der Waals surface area contributed by atoms with Crippen molar-refractivity contribution in [2.24, 2.45) is 0 Å². The Balaban J connectivity index is 0. The molecule has 0 saturated carbocycles. The van der Waals surface area contributed by atoms with Crippen molar-refractivity contribution in [1.29, 1.82) is 0 Å². The zero-order valence-electron chi connectivity index (χ0n) is 21.1. The molecule has 1 aromatic rings. The van der Waals surface area contributed by atoms with E-state index in [0.29, 0.717) is 7.18 Å². The van der Waals surface area contributed by atoms with Crippen molar-refractivity contribution in [2.75, 3.05) is 41.7 Å². The van der Waals surface area contributed by atoms with E-state index in [1.54, 1.807) is 14.2 Å². The molecule has 0 aliphatic rings. The van der Waals surface area contributed by atoms with E-state index in [1.807, 2.05) is 43.5 Å². The quantitative estimate of drug-likeness (QED) is 0.223. The third kappa shape index (κ3) is 18.9. The number of ether oxygens (including phenoxy) is 2. The molecule has 33 heavy (non-hydrogen) atoms. The number of benzene rings is 1. The van der Waals surface area contributed by atoms with Crippen molar-refractivity contribution in [3.8, 4) is 0 Å². The third-order valence-corrected chi connectivity index (χ3v) is 3.95. The fraction of sp³-hybridized carbons (Fsp3) is 0.520. The summed E-state index contributed by atoms with van der Waals surface area (Å²) in [4.78, 5) is 4.57. The number of alkyl halides is 3. The molecule has 1 aromatic carbocycles. The van der Waals surface area contributed by atoms with Crippen molar-refractivity contribution < 1.29 is 22.6 Å². The molecule has 1 rings (SSSR count). The smallest absolute Gasteiger partial charge is 0.235 e. The molecule has 8 heteroatoms. The van der Waals surface area contributed by atoms with E-state index in [1.165, 1.54) is 5.56 Å². The van der Waals surface area contributed by atoms with Crippen LogP contribution in [0.5, 0.6) is 0 Å². The summed E-state index contributed by atoms with van der Waals surface area (Å²) in [7, 11) is 6.02. The predicted molar refractivity (Wildman–Crippen MR) is 131 cm³/mol. The molecule has 1 atom stereocenters. The molecule has 1 N–H and O–H groups in total. The Morgan fingerprint density at radius 3 is 2.24 bits per heavy atom. The lowest BCUT2D eigenvalue weighted by molar-refractivity contribution is -0.0681. The summed E-state index contributed by atoms with van der Waals surface area (Å²) in [5, 5.41) is 3.32. The van der Waals surface area contributed by atoms with E-state index < -0.39 is 6.43 Å². The van der Waals surface area contributed by atoms with E-state index in [4.69, 9.17) is 9.47 Å². The maximum Gasteiger partial charge on any atom is 0.235 e. The third-order valence-electron chi connectivity index (χ3n) is 3.95. The number of nitrogens with zero attached hydrogens (tertiary/aromatic N) is 2. The van der Waals surface area contributed by atoms with Gasteiger partial charge in [0.2, 0.25) is 6.43 Å². The van der Waals surface area contributed by atoms with Gasteiger partial charge in [0, 0.05) is 20.2 Å². The first-order valence-electron chi connectivity index (χ1n) is 10.8. The van der Waals surface area contributed by atoms with Crippen LogP contribution in [0.25, 0.3) is 0 Å². The average Bonchev–Trinajstić information content (AvgIpc) is 2.79. The number of rotatable bonds is 13. The first-order valence-corrected chi connectivity index (χ1v) is 10.8. The van der Waals surface area contributed by atoms with Gasteiger partial charge in [-0.25, -0.2) is 13.7 Å². The number of allylic oxidation sites excluding steroid dienone is 4. The molecule has 0 aliphatic carbocycles. The zero-order chi connectivity index (χ0) is 25.5. The summed E-state index contributed by atoms with van der Waals surface area (Å²) in [5.41, 5.74) is 1.31. The van der Waals surface area contributed by atoms with E-state index in [-0.39, 0.29) is 6.35 Å². The molecule has 0 aromatic heterocycles. The maximum atomic E-state index is 10.3. The van der Waals surface area contributed by atoms with Crippen molar-refractivity contribution in [1.82, 2.24) is 15.1 Å². The van der Waals surface area contributed by atoms with E-state index in [2.05, 4.69) is 53.4 Å². The number of methoxy groups -OCH3 is 2. The SMILES string of the molecule is CC(F)F.CF.C\C=C/C(=C\C=C\NC(OC)N(CCC)CN(C)Cc1ccccc1)OC. The Bertz CT molecular complexity index is 638. The Morgan fingerprint density at radius 2 is 1.76 bits per heavy atom. The summed E-state index contributed by atoms with van der Waals surface area (Å²) in [6, 6.07) is 10.5. The van der Waals surface area contributed by atoms with Gasteiger partial charge in [0.1, 0.15) is 5.76 Å². The van der Waals surface area contributed by atoms with Gasteiger partial charge in [0.05, 0.1) is 21.0 Å². The fourth-order valence-corrected chi connectivity index (χ4v) is 2.76. The van der Waals surface area contributed by atoms with Gasteiger partial charge in [-0.2, -0.15) is 0 Å². The lowest BCUT2D eigenvalue weighted by Crippen LogP contribution is -2.49. The van der Waals surface area contributed by atoms with Crippen molar-refractivity contribution >= 4 is 0 Å². The van der Waals surface area contributed by atoms with Crippen LogP contribution in [0.15, 0.2) is 66.6 Å². The molecule has 0 saturated heterocycles. The largest absolute Gasteiger partial charge is 0.497 e. The molecule has 190 valence electrons. The molecule has 0 fully saturated rings. The fourth-order valence-electron chi connectivity index (χ4n) is 2.76. The highest BCUT2D eigenvalue weighted by Gasteiger charge is 2.17. The van der Waals surface area contributed by atoms with E-state index in [9.17, 15) is 13.2 Å². The van der Waals surface area contributed by atoms with Gasteiger partial charge in [-0.15, -0.1) is 0 Å². The molecule has 0 radical (unpaired) electrons. The molecule has 0 aliphatic heterocycles. The lowest BCUT2D eigenvalue weighted by Gasteiger charge is -2.33. The maximum absolute atomic E-state index is 10.3. The van der Waals surface area contributed by atoms with E-state index in [0.717, 1.165) is 38.9 Å². The zero-order valence-corrected chi connectivity index (χ0v) is 21.1. The summed E-state index contributed by atoms with van der Waals surface area (Å²) in [6.45, 7) is 7.62.